The molecule has 2 fully saturated rings. The second-order valence-electron chi connectivity index (χ2n) is 6.53. The van der Waals surface area contributed by atoms with Gasteiger partial charge in [0.25, 0.3) is 0 Å². The van der Waals surface area contributed by atoms with Gasteiger partial charge in [-0.15, -0.1) is 0 Å². The third-order valence-electron chi connectivity index (χ3n) is 4.50. The highest BCUT2D eigenvalue weighted by molar-refractivity contribution is 6.62. The molecule has 1 aromatic heterocycles. The van der Waals surface area contributed by atoms with E-state index < -0.39 is 18.3 Å². The molecule has 1 aliphatic heterocycles. The van der Waals surface area contributed by atoms with Gasteiger partial charge in [0.1, 0.15) is 0 Å². The third-order valence-corrected chi connectivity index (χ3v) is 4.50. The molecular weight excluding hydrogens is 241 g/mol. The van der Waals surface area contributed by atoms with E-state index in [1.807, 2.05) is 27.7 Å². The van der Waals surface area contributed by atoms with Crippen molar-refractivity contribution < 1.29 is 9.31 Å². The Bertz CT molecular complexity index is 544. The zero-order chi connectivity index (χ0) is 13.8. The summed E-state index contributed by atoms with van der Waals surface area (Å²) >= 11 is 0. The van der Waals surface area contributed by atoms with E-state index in [0.717, 1.165) is 18.5 Å². The SMILES string of the molecule is CC1(C)OB(c2c(C3CC3)[nH]ccc2=O)OC1(C)C. The lowest BCUT2D eigenvalue weighted by Crippen LogP contribution is -2.46. The number of aromatic nitrogens is 1. The first-order valence-corrected chi connectivity index (χ1v) is 6.89. The maximum absolute atomic E-state index is 12.2. The van der Waals surface area contributed by atoms with Crippen LogP contribution < -0.4 is 10.9 Å². The van der Waals surface area contributed by atoms with Crippen LogP contribution in [0.4, 0.5) is 0 Å². The zero-order valence-corrected chi connectivity index (χ0v) is 11.9. The fraction of sp³-hybridized carbons (Fsp3) is 0.643. The number of nitrogens with one attached hydrogen (secondary N) is 1. The van der Waals surface area contributed by atoms with Gasteiger partial charge in [0.05, 0.1) is 11.2 Å². The molecule has 0 amide bonds. The van der Waals surface area contributed by atoms with Crippen molar-refractivity contribution in [2.24, 2.45) is 0 Å². The van der Waals surface area contributed by atoms with E-state index in [1.165, 1.54) is 0 Å². The monoisotopic (exact) mass is 261 g/mol. The van der Waals surface area contributed by atoms with E-state index in [9.17, 15) is 4.79 Å². The molecule has 3 rings (SSSR count). The lowest BCUT2D eigenvalue weighted by atomic mass is 9.76. The lowest BCUT2D eigenvalue weighted by molar-refractivity contribution is 0.00578. The molecule has 102 valence electrons. The minimum atomic E-state index is -0.564. The molecule has 1 saturated carbocycles. The van der Waals surface area contributed by atoms with E-state index in [2.05, 4.69) is 4.98 Å². The molecular formula is C14H20BNO3. The Morgan fingerprint density at radius 3 is 2.32 bits per heavy atom. The van der Waals surface area contributed by atoms with Crippen molar-refractivity contribution >= 4 is 12.6 Å². The standard InChI is InChI=1S/C14H20BNO3/c1-13(2)14(3,4)19-15(18-13)11-10(17)7-8-16-12(11)9-5-6-9/h7-9H,5-6H2,1-4H3,(H,16,17). The summed E-state index contributed by atoms with van der Waals surface area (Å²) < 4.78 is 12.0. The first-order chi connectivity index (χ1) is 8.82. The van der Waals surface area contributed by atoms with Crippen molar-refractivity contribution in [2.75, 3.05) is 0 Å². The van der Waals surface area contributed by atoms with E-state index in [-0.39, 0.29) is 5.43 Å². The molecule has 0 radical (unpaired) electrons. The van der Waals surface area contributed by atoms with Crippen molar-refractivity contribution in [3.63, 3.8) is 0 Å². The van der Waals surface area contributed by atoms with Crippen LogP contribution >= 0.6 is 0 Å². The maximum atomic E-state index is 12.2. The Morgan fingerprint density at radius 2 is 1.79 bits per heavy atom. The van der Waals surface area contributed by atoms with Gasteiger partial charge in [-0.25, -0.2) is 0 Å². The smallest absolute Gasteiger partial charge is 0.399 e. The average Bonchev–Trinajstić information content (AvgIpc) is 3.07. The number of hydrogen-bond acceptors (Lipinski definition) is 3. The Kier molecular flexibility index (Phi) is 2.70. The summed E-state index contributed by atoms with van der Waals surface area (Å²) in [4.78, 5) is 15.4. The molecule has 1 saturated heterocycles. The highest BCUT2D eigenvalue weighted by Gasteiger charge is 2.53. The van der Waals surface area contributed by atoms with E-state index >= 15 is 0 Å². The van der Waals surface area contributed by atoms with Crippen LogP contribution in [-0.2, 0) is 9.31 Å². The molecule has 19 heavy (non-hydrogen) atoms. The summed E-state index contributed by atoms with van der Waals surface area (Å²) in [6.07, 6.45) is 3.98. The topological polar surface area (TPSA) is 51.3 Å². The molecule has 0 atom stereocenters. The fourth-order valence-corrected chi connectivity index (χ4v) is 2.42. The highest BCUT2D eigenvalue weighted by atomic mass is 16.7. The first kappa shape index (κ1) is 12.9. The van der Waals surface area contributed by atoms with Crippen LogP contribution in [0.2, 0.25) is 0 Å². The van der Waals surface area contributed by atoms with Crippen LogP contribution in [0.3, 0.4) is 0 Å². The van der Waals surface area contributed by atoms with Crippen LogP contribution in [-0.4, -0.2) is 23.3 Å². The molecule has 0 aromatic carbocycles. The van der Waals surface area contributed by atoms with Crippen molar-refractivity contribution in [3.05, 3.63) is 28.2 Å². The number of hydrogen-bond donors (Lipinski definition) is 1. The minimum Gasteiger partial charge on any atom is -0.399 e. The molecule has 5 heteroatoms. The Hall–Kier alpha value is -1.07. The predicted octanol–water partition coefficient (Wildman–Crippen LogP) is 1.55. The van der Waals surface area contributed by atoms with Gasteiger partial charge in [0, 0.05) is 23.4 Å². The number of rotatable bonds is 2. The fourth-order valence-electron chi connectivity index (χ4n) is 2.42. The normalized spacial score (nSPS) is 24.7. The molecule has 0 unspecified atom stereocenters. The molecule has 1 aromatic rings. The first-order valence-electron chi connectivity index (χ1n) is 6.89. The minimum absolute atomic E-state index is 0.000787. The third kappa shape index (κ3) is 2.05. The second-order valence-corrected chi connectivity index (χ2v) is 6.53. The summed E-state index contributed by atoms with van der Waals surface area (Å²) in [5.41, 5.74) is 0.815. The lowest BCUT2D eigenvalue weighted by Gasteiger charge is -2.32. The van der Waals surface area contributed by atoms with Gasteiger partial charge >= 0.3 is 7.12 Å². The van der Waals surface area contributed by atoms with Crippen LogP contribution in [0.5, 0.6) is 0 Å². The van der Waals surface area contributed by atoms with Gasteiger partial charge < -0.3 is 14.3 Å². The predicted molar refractivity (Wildman–Crippen MR) is 74.8 cm³/mol. The van der Waals surface area contributed by atoms with Gasteiger partial charge in [-0.2, -0.15) is 0 Å². The highest BCUT2D eigenvalue weighted by Crippen LogP contribution is 2.40. The summed E-state index contributed by atoms with van der Waals surface area (Å²) in [6, 6.07) is 1.55. The van der Waals surface area contributed by atoms with Crippen LogP contribution in [0.1, 0.15) is 52.1 Å². The van der Waals surface area contributed by atoms with Gasteiger partial charge in [-0.05, 0) is 46.5 Å². The summed E-state index contributed by atoms with van der Waals surface area (Å²) in [6.45, 7) is 8.00. The second kappa shape index (κ2) is 3.96. The van der Waals surface area contributed by atoms with Crippen molar-refractivity contribution in [2.45, 2.75) is 57.7 Å². The van der Waals surface area contributed by atoms with Crippen LogP contribution in [0, 0.1) is 0 Å². The number of H-pyrrole nitrogens is 1. The van der Waals surface area contributed by atoms with E-state index in [0.29, 0.717) is 11.4 Å². The average molecular weight is 261 g/mol. The largest absolute Gasteiger partial charge is 0.500 e. The Balaban J connectivity index is 2.02. The van der Waals surface area contributed by atoms with Crippen molar-refractivity contribution in [3.8, 4) is 0 Å². The molecule has 4 nitrogen and oxygen atoms in total. The van der Waals surface area contributed by atoms with Gasteiger partial charge in [-0.3, -0.25) is 4.79 Å². The molecule has 0 bridgehead atoms. The van der Waals surface area contributed by atoms with E-state index in [4.69, 9.17) is 9.31 Å². The summed E-state index contributed by atoms with van der Waals surface area (Å²) in [7, 11) is -0.564. The van der Waals surface area contributed by atoms with Gasteiger partial charge in [0.15, 0.2) is 5.43 Å². The van der Waals surface area contributed by atoms with Crippen LogP contribution in [0.15, 0.2) is 17.1 Å². The summed E-state index contributed by atoms with van der Waals surface area (Å²) in [5.74, 6) is 0.461. The molecule has 1 N–H and O–H groups in total. The maximum Gasteiger partial charge on any atom is 0.500 e. The molecule has 0 spiro atoms. The molecule has 2 aliphatic rings. The quantitative estimate of drug-likeness (QED) is 0.822. The number of pyridine rings is 1. The number of aromatic amines is 1. The zero-order valence-electron chi connectivity index (χ0n) is 11.9. The molecule has 2 heterocycles. The Morgan fingerprint density at radius 1 is 1.21 bits per heavy atom. The summed E-state index contributed by atoms with van der Waals surface area (Å²) in [5, 5.41) is 0. The van der Waals surface area contributed by atoms with Crippen LogP contribution in [0.25, 0.3) is 0 Å². The van der Waals surface area contributed by atoms with E-state index in [1.54, 1.807) is 12.3 Å². The van der Waals surface area contributed by atoms with Crippen molar-refractivity contribution in [1.29, 1.82) is 0 Å². The van der Waals surface area contributed by atoms with Crippen molar-refractivity contribution in [1.82, 2.24) is 4.98 Å². The molecule has 1 aliphatic carbocycles. The van der Waals surface area contributed by atoms with Gasteiger partial charge in [0.2, 0.25) is 0 Å². The Labute approximate surface area is 113 Å². The van der Waals surface area contributed by atoms with Gasteiger partial charge in [-0.1, -0.05) is 0 Å².